The zero-order valence-corrected chi connectivity index (χ0v) is 15.0. The second-order valence-corrected chi connectivity index (χ2v) is 6.51. The van der Waals surface area contributed by atoms with Gasteiger partial charge in [-0.2, -0.15) is 0 Å². The second-order valence-electron chi connectivity index (χ2n) is 6.51. The zero-order valence-electron chi connectivity index (χ0n) is 15.0. The molecule has 4 rings (SSSR count). The smallest absolute Gasteiger partial charge is 0.105 e. The molecule has 0 spiro atoms. The highest BCUT2D eigenvalue weighted by Gasteiger charge is 2.27. The number of fused-ring (bicyclic) bond motifs is 1. The Morgan fingerprint density at radius 2 is 1.80 bits per heavy atom. The van der Waals surface area contributed by atoms with E-state index >= 15 is 0 Å². The average molecular weight is 329 g/mol. The number of rotatable bonds is 2. The van der Waals surface area contributed by atoms with E-state index in [1.54, 1.807) is 0 Å². The molecule has 0 amide bonds. The van der Waals surface area contributed by atoms with Crippen molar-refractivity contribution in [2.24, 2.45) is 4.99 Å². The molecule has 0 saturated carbocycles. The number of para-hydroxylation sites is 1. The maximum atomic E-state index is 4.71. The van der Waals surface area contributed by atoms with E-state index in [0.717, 1.165) is 18.9 Å². The maximum absolute atomic E-state index is 4.71. The number of amidine groups is 1. The van der Waals surface area contributed by atoms with Crippen molar-refractivity contribution >= 4 is 23.3 Å². The quantitative estimate of drug-likeness (QED) is 0.772. The van der Waals surface area contributed by atoms with Crippen molar-refractivity contribution in [2.45, 2.75) is 20.8 Å². The Kier molecular flexibility index (Phi) is 3.92. The lowest BCUT2D eigenvalue weighted by Gasteiger charge is -2.33. The first-order valence-corrected chi connectivity index (χ1v) is 8.84. The average Bonchev–Trinajstić information content (AvgIpc) is 3.02. The van der Waals surface area contributed by atoms with E-state index in [1.165, 1.54) is 33.9 Å². The van der Waals surface area contributed by atoms with Crippen LogP contribution in [-0.4, -0.2) is 18.9 Å². The minimum absolute atomic E-state index is 0.720. The van der Waals surface area contributed by atoms with Gasteiger partial charge in [0.2, 0.25) is 0 Å². The first-order chi connectivity index (χ1) is 12.2. The Hall–Kier alpha value is -2.81. The van der Waals surface area contributed by atoms with Crippen LogP contribution in [0.4, 0.5) is 11.4 Å². The molecule has 0 radical (unpaired) electrons. The van der Waals surface area contributed by atoms with Crippen LogP contribution in [0.2, 0.25) is 0 Å². The Morgan fingerprint density at radius 3 is 2.56 bits per heavy atom. The number of benzene rings is 2. The van der Waals surface area contributed by atoms with E-state index in [4.69, 9.17) is 4.99 Å². The van der Waals surface area contributed by atoms with Gasteiger partial charge in [0.15, 0.2) is 0 Å². The van der Waals surface area contributed by atoms with Gasteiger partial charge in [0.1, 0.15) is 5.84 Å². The molecule has 25 heavy (non-hydrogen) atoms. The first kappa shape index (κ1) is 15.7. The summed E-state index contributed by atoms with van der Waals surface area (Å²) in [6.07, 6.45) is 4.47. The lowest BCUT2D eigenvalue weighted by Crippen LogP contribution is -2.31. The number of aliphatic imine (C=N–C) groups is 1. The van der Waals surface area contributed by atoms with Gasteiger partial charge in [-0.15, -0.1) is 0 Å². The summed E-state index contributed by atoms with van der Waals surface area (Å²) in [6, 6.07) is 17.2. The predicted molar refractivity (Wildman–Crippen MR) is 107 cm³/mol. The van der Waals surface area contributed by atoms with E-state index < -0.39 is 0 Å². The highest BCUT2D eigenvalue weighted by Crippen LogP contribution is 2.36. The molecular formula is C22H23N3. The number of likely N-dealkylation sites (N-methyl/N-ethyl adjacent to an activating group) is 1. The van der Waals surface area contributed by atoms with E-state index in [1.807, 2.05) is 0 Å². The minimum Gasteiger partial charge on any atom is -0.340 e. The third kappa shape index (κ3) is 2.66. The van der Waals surface area contributed by atoms with Gasteiger partial charge >= 0.3 is 0 Å². The highest BCUT2D eigenvalue weighted by atomic mass is 15.3. The number of allylic oxidation sites excluding steroid dienone is 1. The molecule has 3 heteroatoms. The van der Waals surface area contributed by atoms with Crippen LogP contribution in [-0.2, 0) is 0 Å². The molecule has 126 valence electrons. The number of nitrogens with zero attached hydrogens (tertiary/aromatic N) is 3. The van der Waals surface area contributed by atoms with Gasteiger partial charge < -0.3 is 4.90 Å². The molecule has 0 bridgehead atoms. The highest BCUT2D eigenvalue weighted by molar-refractivity contribution is 6.02. The molecule has 0 unspecified atom stereocenters. The molecule has 0 fully saturated rings. The molecule has 0 aliphatic carbocycles. The van der Waals surface area contributed by atoms with E-state index in [9.17, 15) is 0 Å². The molecule has 0 atom stereocenters. The van der Waals surface area contributed by atoms with Crippen LogP contribution < -0.4 is 9.80 Å². The summed E-state index contributed by atoms with van der Waals surface area (Å²) >= 11 is 0. The van der Waals surface area contributed by atoms with Crippen LogP contribution in [0.15, 0.2) is 71.0 Å². The van der Waals surface area contributed by atoms with Crippen LogP contribution in [0.5, 0.6) is 0 Å². The van der Waals surface area contributed by atoms with Gasteiger partial charge in [-0.25, -0.2) is 0 Å². The Bertz CT molecular complexity index is 891. The topological polar surface area (TPSA) is 18.8 Å². The van der Waals surface area contributed by atoms with Crippen molar-refractivity contribution in [2.75, 3.05) is 22.9 Å². The van der Waals surface area contributed by atoms with E-state index in [0.29, 0.717) is 0 Å². The molecule has 2 aliphatic heterocycles. The van der Waals surface area contributed by atoms with Crippen molar-refractivity contribution < 1.29 is 0 Å². The van der Waals surface area contributed by atoms with Crippen LogP contribution >= 0.6 is 0 Å². The fraction of sp³-hybridized carbons (Fsp3) is 0.227. The van der Waals surface area contributed by atoms with Gasteiger partial charge in [0, 0.05) is 17.9 Å². The van der Waals surface area contributed by atoms with Crippen LogP contribution in [0, 0.1) is 6.92 Å². The lowest BCUT2D eigenvalue weighted by atomic mass is 10.0. The fourth-order valence-electron chi connectivity index (χ4n) is 3.68. The summed E-state index contributed by atoms with van der Waals surface area (Å²) in [5.74, 6) is 1.05. The summed E-state index contributed by atoms with van der Waals surface area (Å²) < 4.78 is 0. The predicted octanol–water partition coefficient (Wildman–Crippen LogP) is 5.00. The van der Waals surface area contributed by atoms with Gasteiger partial charge in [-0.1, -0.05) is 35.9 Å². The Labute approximate surface area is 149 Å². The largest absolute Gasteiger partial charge is 0.340 e. The van der Waals surface area contributed by atoms with Crippen molar-refractivity contribution in [1.29, 1.82) is 0 Å². The van der Waals surface area contributed by atoms with E-state index in [-0.39, 0.29) is 0 Å². The van der Waals surface area contributed by atoms with Gasteiger partial charge in [0.05, 0.1) is 17.9 Å². The van der Waals surface area contributed by atoms with Crippen LogP contribution in [0.25, 0.3) is 6.08 Å². The monoisotopic (exact) mass is 329 g/mol. The number of hydrogen-bond donors (Lipinski definition) is 0. The van der Waals surface area contributed by atoms with E-state index in [2.05, 4.69) is 91.3 Å². The van der Waals surface area contributed by atoms with Gasteiger partial charge in [-0.05, 0) is 56.7 Å². The van der Waals surface area contributed by atoms with Gasteiger partial charge in [0.25, 0.3) is 0 Å². The molecule has 2 aromatic rings. The first-order valence-electron chi connectivity index (χ1n) is 8.84. The maximum Gasteiger partial charge on any atom is 0.105 e. The lowest BCUT2D eigenvalue weighted by molar-refractivity contribution is 0.939. The third-order valence-electron chi connectivity index (χ3n) is 4.86. The van der Waals surface area contributed by atoms with Crippen LogP contribution in [0.1, 0.15) is 25.0 Å². The number of aryl methyl sites for hydroxylation is 1. The zero-order chi connectivity index (χ0) is 17.4. The molecular weight excluding hydrogens is 306 g/mol. The third-order valence-corrected chi connectivity index (χ3v) is 4.86. The fourth-order valence-corrected chi connectivity index (χ4v) is 3.68. The summed E-state index contributed by atoms with van der Waals surface area (Å²) in [6.45, 7) is 8.09. The van der Waals surface area contributed by atoms with Crippen molar-refractivity contribution in [3.05, 3.63) is 77.1 Å². The van der Waals surface area contributed by atoms with Crippen LogP contribution in [0.3, 0.4) is 0 Å². The molecule has 2 heterocycles. The number of anilines is 2. The standard InChI is InChI=1S/C22H23N3/c1-4-24-20-12-10-16(2)14-18(20)11-13-21(24)22-15-23-17(3)25(22)19-8-6-5-7-9-19/h5-14H,4,15H2,1-3H3/b22-21+. The summed E-state index contributed by atoms with van der Waals surface area (Å²) in [7, 11) is 0. The molecule has 0 N–H and O–H groups in total. The second kappa shape index (κ2) is 6.25. The summed E-state index contributed by atoms with van der Waals surface area (Å²) in [5, 5.41) is 0. The summed E-state index contributed by atoms with van der Waals surface area (Å²) in [5.41, 5.74) is 7.50. The Morgan fingerprint density at radius 1 is 1.00 bits per heavy atom. The number of hydrogen-bond acceptors (Lipinski definition) is 3. The molecule has 0 saturated heterocycles. The molecule has 2 aliphatic rings. The van der Waals surface area contributed by atoms with Crippen molar-refractivity contribution in [3.8, 4) is 0 Å². The minimum atomic E-state index is 0.720. The SMILES string of the molecule is CCN1/C(=C2\CN=C(C)N2c2ccccc2)C=Cc2cc(C)ccc21. The van der Waals surface area contributed by atoms with Crippen molar-refractivity contribution in [3.63, 3.8) is 0 Å². The molecule has 0 aromatic heterocycles. The van der Waals surface area contributed by atoms with Gasteiger partial charge in [-0.3, -0.25) is 9.89 Å². The Balaban J connectivity index is 1.84. The van der Waals surface area contributed by atoms with Crippen molar-refractivity contribution in [1.82, 2.24) is 0 Å². The molecule has 3 nitrogen and oxygen atoms in total. The molecule has 2 aromatic carbocycles. The summed E-state index contributed by atoms with van der Waals surface area (Å²) in [4.78, 5) is 9.39. The normalized spacial score (nSPS) is 19.2.